The van der Waals surface area contributed by atoms with Crippen LogP contribution in [0.15, 0.2) is 52.2 Å². The van der Waals surface area contributed by atoms with E-state index in [2.05, 4.69) is 15.3 Å². The minimum Gasteiger partial charge on any atom is -0.495 e. The van der Waals surface area contributed by atoms with Crippen molar-refractivity contribution >= 4 is 16.9 Å². The number of pyridine rings is 1. The number of hydrogen-bond donors (Lipinski definition) is 1. The number of aromatic nitrogens is 2. The molecule has 8 heteroatoms. The van der Waals surface area contributed by atoms with Crippen LogP contribution in [0, 0.1) is 34.0 Å². The molecule has 0 atom stereocenters. The molecule has 0 fully saturated rings. The van der Waals surface area contributed by atoms with Gasteiger partial charge >= 0.3 is 0 Å². The monoisotopic (exact) mass is 342 g/mol. The Bertz CT molecular complexity index is 1090. The van der Waals surface area contributed by atoms with E-state index >= 15 is 0 Å². The van der Waals surface area contributed by atoms with Crippen LogP contribution in [0.4, 0.5) is 5.69 Å². The third kappa shape index (κ3) is 3.01. The first kappa shape index (κ1) is 16.5. The number of anilines is 1. The highest BCUT2D eigenvalue weighted by atomic mass is 16.5. The molecular weight excluding hydrogens is 332 g/mol. The summed E-state index contributed by atoms with van der Waals surface area (Å²) in [6, 6.07) is 13.7. The number of nitrogens with one attached hydrogen (secondary N) is 1. The summed E-state index contributed by atoms with van der Waals surface area (Å²) in [5, 5.41) is 29.9. The Kier molecular flexibility index (Phi) is 4.47. The maximum absolute atomic E-state index is 9.21. The fourth-order valence-electron chi connectivity index (χ4n) is 2.25. The van der Waals surface area contributed by atoms with Crippen molar-refractivity contribution in [1.82, 2.24) is 9.97 Å². The molecule has 0 aliphatic carbocycles. The molecule has 0 bridgehead atoms. The molecule has 0 spiro atoms. The molecule has 0 saturated carbocycles. The number of nitrogens with zero attached hydrogens (tertiary/aromatic N) is 5. The van der Waals surface area contributed by atoms with Crippen molar-refractivity contribution < 1.29 is 9.15 Å². The van der Waals surface area contributed by atoms with Crippen molar-refractivity contribution in [1.29, 1.82) is 15.8 Å². The summed E-state index contributed by atoms with van der Waals surface area (Å²) in [6.45, 7) is 0. The highest BCUT2D eigenvalue weighted by Gasteiger charge is 2.14. The highest BCUT2D eigenvalue weighted by Crippen LogP contribution is 2.32. The number of allylic oxidation sites excluding steroid dienone is 2. The van der Waals surface area contributed by atoms with E-state index in [9.17, 15) is 5.26 Å². The number of oxazole rings is 1. The van der Waals surface area contributed by atoms with Gasteiger partial charge in [-0.15, -0.1) is 0 Å². The fourth-order valence-corrected chi connectivity index (χ4v) is 2.25. The molecule has 2 heterocycles. The van der Waals surface area contributed by atoms with Gasteiger partial charge in [0.25, 0.3) is 0 Å². The predicted octanol–water partition coefficient (Wildman–Crippen LogP) is 3.14. The second-order valence-electron chi connectivity index (χ2n) is 4.97. The van der Waals surface area contributed by atoms with Crippen molar-refractivity contribution in [2.75, 3.05) is 12.4 Å². The van der Waals surface area contributed by atoms with Gasteiger partial charge in [0.1, 0.15) is 29.7 Å². The largest absolute Gasteiger partial charge is 0.495 e. The Morgan fingerprint density at radius 2 is 1.96 bits per heavy atom. The molecule has 2 aromatic heterocycles. The van der Waals surface area contributed by atoms with Crippen LogP contribution in [0.2, 0.25) is 0 Å². The van der Waals surface area contributed by atoms with Gasteiger partial charge in [0.15, 0.2) is 16.8 Å². The van der Waals surface area contributed by atoms with Crippen LogP contribution in [-0.2, 0) is 0 Å². The maximum atomic E-state index is 9.21. The van der Waals surface area contributed by atoms with E-state index in [-0.39, 0.29) is 11.3 Å². The Labute approximate surface area is 148 Å². The summed E-state index contributed by atoms with van der Waals surface area (Å²) < 4.78 is 10.9. The highest BCUT2D eigenvalue weighted by molar-refractivity contribution is 5.75. The molecule has 8 nitrogen and oxygen atoms in total. The lowest BCUT2D eigenvalue weighted by Crippen LogP contribution is -2.02. The number of benzene rings is 1. The number of nitriles is 3. The molecule has 0 amide bonds. The van der Waals surface area contributed by atoms with Crippen molar-refractivity contribution in [3.05, 3.63) is 47.8 Å². The number of methoxy groups -OCH3 is 1. The Balaban J connectivity index is 2.07. The summed E-state index contributed by atoms with van der Waals surface area (Å²) in [6.07, 6.45) is 1.62. The van der Waals surface area contributed by atoms with Crippen molar-refractivity contribution in [2.24, 2.45) is 0 Å². The molecular formula is C18H10N6O2. The summed E-state index contributed by atoms with van der Waals surface area (Å²) >= 11 is 0. The summed E-state index contributed by atoms with van der Waals surface area (Å²) in [5.74, 6) is 0.763. The first-order valence-corrected chi connectivity index (χ1v) is 7.31. The zero-order valence-electron chi connectivity index (χ0n) is 13.5. The second kappa shape index (κ2) is 7.04. The second-order valence-corrected chi connectivity index (χ2v) is 4.97. The molecule has 0 radical (unpaired) electrons. The maximum Gasteiger partial charge on any atom is 0.228 e. The van der Waals surface area contributed by atoms with Crippen LogP contribution in [-0.4, -0.2) is 17.1 Å². The van der Waals surface area contributed by atoms with E-state index < -0.39 is 0 Å². The zero-order valence-corrected chi connectivity index (χ0v) is 13.5. The first-order chi connectivity index (χ1) is 12.7. The van der Waals surface area contributed by atoms with Gasteiger partial charge in [-0.05, 0) is 30.3 Å². The van der Waals surface area contributed by atoms with Gasteiger partial charge in [-0.3, -0.25) is 0 Å². The van der Waals surface area contributed by atoms with E-state index in [0.29, 0.717) is 34.1 Å². The Hall–Kier alpha value is -4.35. The zero-order chi connectivity index (χ0) is 18.5. The van der Waals surface area contributed by atoms with E-state index in [4.69, 9.17) is 19.7 Å². The van der Waals surface area contributed by atoms with Crippen LogP contribution >= 0.6 is 0 Å². The van der Waals surface area contributed by atoms with Gasteiger partial charge in [0.05, 0.1) is 12.8 Å². The fraction of sp³-hybridized carbons (Fsp3) is 0.0556. The van der Waals surface area contributed by atoms with Crippen molar-refractivity contribution in [3.63, 3.8) is 0 Å². The van der Waals surface area contributed by atoms with E-state index in [1.165, 1.54) is 7.11 Å². The van der Waals surface area contributed by atoms with Crippen LogP contribution in [0.5, 0.6) is 5.75 Å². The lowest BCUT2D eigenvalue weighted by molar-refractivity contribution is 0.416. The Morgan fingerprint density at radius 1 is 1.15 bits per heavy atom. The van der Waals surface area contributed by atoms with E-state index in [1.807, 2.05) is 0 Å². The first-order valence-electron chi connectivity index (χ1n) is 7.31. The minimum atomic E-state index is -0.328. The predicted molar refractivity (Wildman–Crippen MR) is 91.3 cm³/mol. The van der Waals surface area contributed by atoms with Gasteiger partial charge in [-0.1, -0.05) is 0 Å². The third-order valence-electron chi connectivity index (χ3n) is 3.46. The summed E-state index contributed by atoms with van der Waals surface area (Å²) in [5.41, 5.74) is 1.51. The standard InChI is InChI=1S/C18H10N6O2/c1-25-15-5-4-11(18-24-17-16(26-18)3-2-6-22-17)7-13(15)23-14(10-21)12(8-19)9-20/h2-7,23H,1H3. The number of fused-ring (bicyclic) bond motifs is 1. The molecule has 0 unspecified atom stereocenters. The average molecular weight is 342 g/mol. The van der Waals surface area contributed by atoms with Gasteiger partial charge < -0.3 is 14.5 Å². The van der Waals surface area contributed by atoms with Crippen molar-refractivity contribution in [2.45, 2.75) is 0 Å². The molecule has 0 aliphatic rings. The van der Waals surface area contributed by atoms with Crippen LogP contribution in [0.1, 0.15) is 0 Å². The molecule has 3 aromatic rings. The molecule has 1 aromatic carbocycles. The third-order valence-corrected chi connectivity index (χ3v) is 3.46. The van der Waals surface area contributed by atoms with Gasteiger partial charge in [-0.2, -0.15) is 20.8 Å². The number of rotatable bonds is 4. The minimum absolute atomic E-state index is 0.176. The molecule has 0 saturated heterocycles. The van der Waals surface area contributed by atoms with Crippen LogP contribution in [0.25, 0.3) is 22.7 Å². The molecule has 26 heavy (non-hydrogen) atoms. The molecule has 1 N–H and O–H groups in total. The number of hydrogen-bond acceptors (Lipinski definition) is 8. The number of ether oxygens (including phenoxy) is 1. The van der Waals surface area contributed by atoms with Crippen LogP contribution in [0.3, 0.4) is 0 Å². The molecule has 124 valence electrons. The van der Waals surface area contributed by atoms with Crippen LogP contribution < -0.4 is 10.1 Å². The Morgan fingerprint density at radius 3 is 2.62 bits per heavy atom. The van der Waals surface area contributed by atoms with Gasteiger partial charge in [0, 0.05) is 11.8 Å². The van der Waals surface area contributed by atoms with E-state index in [1.54, 1.807) is 54.7 Å². The normalized spacial score (nSPS) is 9.62. The summed E-state index contributed by atoms with van der Waals surface area (Å²) in [7, 11) is 1.47. The summed E-state index contributed by atoms with van der Waals surface area (Å²) in [4.78, 5) is 8.44. The molecule has 0 aliphatic heterocycles. The lowest BCUT2D eigenvalue weighted by Gasteiger charge is -2.11. The van der Waals surface area contributed by atoms with Gasteiger partial charge in [-0.25, -0.2) is 4.98 Å². The topological polar surface area (TPSA) is 132 Å². The lowest BCUT2D eigenvalue weighted by atomic mass is 10.1. The molecule has 3 rings (SSSR count). The van der Waals surface area contributed by atoms with Gasteiger partial charge in [0.2, 0.25) is 5.89 Å². The average Bonchev–Trinajstić information content (AvgIpc) is 3.12. The van der Waals surface area contributed by atoms with Crippen molar-refractivity contribution in [3.8, 4) is 35.4 Å². The smallest absolute Gasteiger partial charge is 0.228 e. The SMILES string of the molecule is COc1ccc(-c2nc3ncccc3o2)cc1NC(C#N)=C(C#N)C#N. The van der Waals surface area contributed by atoms with E-state index in [0.717, 1.165) is 0 Å². The quantitative estimate of drug-likeness (QED) is 0.715.